The molecule has 1 aromatic carbocycles. The third kappa shape index (κ3) is 4.93. The molecule has 3 nitrogen and oxygen atoms in total. The van der Waals surface area contributed by atoms with Gasteiger partial charge in [-0.2, -0.15) is 0 Å². The number of halogens is 3. The van der Waals surface area contributed by atoms with Crippen LogP contribution in [-0.2, 0) is 11.2 Å². The monoisotopic (exact) mass is 320 g/mol. The molecule has 0 radical (unpaired) electrons. The smallest absolute Gasteiger partial charge is 0.224 e. The van der Waals surface area contributed by atoms with E-state index < -0.39 is 5.82 Å². The van der Waals surface area contributed by atoms with Crippen molar-refractivity contribution >= 4 is 29.9 Å². The lowest BCUT2D eigenvalue weighted by Crippen LogP contribution is -2.31. The molecule has 0 bridgehead atoms. The summed E-state index contributed by atoms with van der Waals surface area (Å²) in [5.74, 6) is -0.620. The predicted molar refractivity (Wildman–Crippen MR) is 81.0 cm³/mol. The van der Waals surface area contributed by atoms with Gasteiger partial charge in [-0.1, -0.05) is 17.7 Å². The summed E-state index contributed by atoms with van der Waals surface area (Å²) >= 11 is 5.88. The van der Waals surface area contributed by atoms with E-state index in [1.54, 1.807) is 6.07 Å². The van der Waals surface area contributed by atoms with Gasteiger partial charge in [0.1, 0.15) is 5.82 Å². The van der Waals surface area contributed by atoms with Crippen molar-refractivity contribution in [1.29, 1.82) is 0 Å². The van der Waals surface area contributed by atoms with Crippen molar-refractivity contribution in [2.45, 2.75) is 31.7 Å². The molecule has 1 aliphatic rings. The quantitative estimate of drug-likeness (QED) is 0.875. The molecule has 0 unspecified atom stereocenters. The first-order valence-electron chi connectivity index (χ1n) is 6.60. The van der Waals surface area contributed by atoms with Crippen LogP contribution in [0.2, 0.25) is 5.02 Å². The molecule has 1 atom stereocenters. The molecule has 1 fully saturated rings. The Morgan fingerprint density at radius 3 is 2.95 bits per heavy atom. The van der Waals surface area contributed by atoms with Gasteiger partial charge in [0.05, 0.1) is 6.42 Å². The van der Waals surface area contributed by atoms with Crippen LogP contribution in [0.1, 0.15) is 24.8 Å². The summed E-state index contributed by atoms with van der Waals surface area (Å²) in [5.41, 5.74) is 0.264. The third-order valence-electron chi connectivity index (χ3n) is 3.38. The minimum Gasteiger partial charge on any atom is -0.356 e. The van der Waals surface area contributed by atoms with Crippen molar-refractivity contribution in [2.24, 2.45) is 0 Å². The molecule has 1 aliphatic heterocycles. The van der Waals surface area contributed by atoms with Crippen LogP contribution in [0.4, 0.5) is 4.39 Å². The predicted octanol–water partition coefficient (Wildman–Crippen LogP) is 2.70. The summed E-state index contributed by atoms with van der Waals surface area (Å²) in [6.07, 6.45) is 3.26. The average molecular weight is 321 g/mol. The standard InChI is InChI=1S/C14H18ClFN2O.ClH/c15-12-4-1-5-13(16)11(12)9-14(19)18-8-6-10-3-2-7-17-10;/h1,4-5,10,17H,2-3,6-9H2,(H,18,19);1H/t10-;/m1./s1. The van der Waals surface area contributed by atoms with E-state index in [0.29, 0.717) is 17.6 Å². The summed E-state index contributed by atoms with van der Waals surface area (Å²) in [6, 6.07) is 4.94. The fourth-order valence-electron chi connectivity index (χ4n) is 2.31. The van der Waals surface area contributed by atoms with Gasteiger partial charge in [0.25, 0.3) is 0 Å². The van der Waals surface area contributed by atoms with Crippen LogP contribution in [-0.4, -0.2) is 25.0 Å². The zero-order valence-corrected chi connectivity index (χ0v) is 12.7. The fraction of sp³-hybridized carbons (Fsp3) is 0.500. The van der Waals surface area contributed by atoms with Gasteiger partial charge < -0.3 is 10.6 Å². The van der Waals surface area contributed by atoms with Crippen LogP contribution in [0, 0.1) is 5.82 Å². The molecule has 2 N–H and O–H groups in total. The van der Waals surface area contributed by atoms with Crippen molar-refractivity contribution < 1.29 is 9.18 Å². The molecule has 6 heteroatoms. The third-order valence-corrected chi connectivity index (χ3v) is 3.73. The Morgan fingerprint density at radius 2 is 2.30 bits per heavy atom. The van der Waals surface area contributed by atoms with Gasteiger partial charge in [-0.25, -0.2) is 4.39 Å². The van der Waals surface area contributed by atoms with Crippen LogP contribution in [0.3, 0.4) is 0 Å². The highest BCUT2D eigenvalue weighted by Crippen LogP contribution is 2.19. The van der Waals surface area contributed by atoms with Crippen LogP contribution >= 0.6 is 24.0 Å². The van der Waals surface area contributed by atoms with Crippen molar-refractivity contribution in [3.8, 4) is 0 Å². The lowest BCUT2D eigenvalue weighted by Gasteiger charge is -2.11. The molecule has 1 heterocycles. The first-order chi connectivity index (χ1) is 9.16. The Labute approximate surface area is 129 Å². The maximum Gasteiger partial charge on any atom is 0.224 e. The van der Waals surface area contributed by atoms with Crippen molar-refractivity contribution in [2.75, 3.05) is 13.1 Å². The highest BCUT2D eigenvalue weighted by atomic mass is 35.5. The summed E-state index contributed by atoms with van der Waals surface area (Å²) in [6.45, 7) is 1.67. The van der Waals surface area contributed by atoms with Crippen molar-refractivity contribution in [3.05, 3.63) is 34.6 Å². The Balaban J connectivity index is 0.00000200. The van der Waals surface area contributed by atoms with Crippen LogP contribution in [0.5, 0.6) is 0 Å². The Kier molecular flexibility index (Phi) is 7.27. The van der Waals surface area contributed by atoms with Gasteiger partial charge in [-0.15, -0.1) is 12.4 Å². The molecule has 112 valence electrons. The molecule has 1 amide bonds. The molecular formula is C14H19Cl2FN2O. The largest absolute Gasteiger partial charge is 0.356 e. The van der Waals surface area contributed by atoms with E-state index in [9.17, 15) is 9.18 Å². The number of amides is 1. The molecule has 0 aromatic heterocycles. The summed E-state index contributed by atoms with van der Waals surface area (Å²) in [4.78, 5) is 11.7. The molecule has 0 spiro atoms. The van der Waals surface area contributed by atoms with Gasteiger partial charge >= 0.3 is 0 Å². The van der Waals surface area contributed by atoms with E-state index in [0.717, 1.165) is 19.4 Å². The average Bonchev–Trinajstić information content (AvgIpc) is 2.87. The van der Waals surface area contributed by atoms with Crippen LogP contribution < -0.4 is 10.6 Å². The maximum atomic E-state index is 13.5. The van der Waals surface area contributed by atoms with Gasteiger partial charge in [0.15, 0.2) is 0 Å². The minimum absolute atomic E-state index is 0. The number of hydrogen-bond acceptors (Lipinski definition) is 2. The lowest BCUT2D eigenvalue weighted by molar-refractivity contribution is -0.120. The molecule has 2 rings (SSSR count). The van der Waals surface area contributed by atoms with E-state index in [2.05, 4.69) is 10.6 Å². The first kappa shape index (κ1) is 17.2. The summed E-state index contributed by atoms with van der Waals surface area (Å²) in [7, 11) is 0. The van der Waals surface area contributed by atoms with Gasteiger partial charge in [0, 0.05) is 23.2 Å². The topological polar surface area (TPSA) is 41.1 Å². The normalized spacial score (nSPS) is 17.6. The second-order valence-corrected chi connectivity index (χ2v) is 5.22. The lowest BCUT2D eigenvalue weighted by atomic mass is 10.1. The van der Waals surface area contributed by atoms with E-state index in [4.69, 9.17) is 11.6 Å². The number of rotatable bonds is 5. The second kappa shape index (κ2) is 8.45. The first-order valence-corrected chi connectivity index (χ1v) is 6.97. The maximum absolute atomic E-state index is 13.5. The molecule has 0 saturated carbocycles. The van der Waals surface area contributed by atoms with E-state index in [1.165, 1.54) is 18.6 Å². The summed E-state index contributed by atoms with van der Waals surface area (Å²) in [5, 5.41) is 6.47. The molecule has 1 saturated heterocycles. The highest BCUT2D eigenvalue weighted by Gasteiger charge is 2.15. The Hall–Kier alpha value is -0.840. The fourth-order valence-corrected chi connectivity index (χ4v) is 2.54. The van der Waals surface area contributed by atoms with Gasteiger partial charge in [-0.05, 0) is 37.9 Å². The zero-order valence-electron chi connectivity index (χ0n) is 11.1. The van der Waals surface area contributed by atoms with Crippen molar-refractivity contribution in [1.82, 2.24) is 10.6 Å². The van der Waals surface area contributed by atoms with E-state index in [-0.39, 0.29) is 30.3 Å². The number of carbonyl (C=O) groups is 1. The minimum atomic E-state index is -0.430. The second-order valence-electron chi connectivity index (χ2n) is 4.81. The number of benzene rings is 1. The Bertz CT molecular complexity index is 431. The molecular weight excluding hydrogens is 302 g/mol. The summed E-state index contributed by atoms with van der Waals surface area (Å²) < 4.78 is 13.5. The van der Waals surface area contributed by atoms with Gasteiger partial charge in [-0.3, -0.25) is 4.79 Å². The highest BCUT2D eigenvalue weighted by molar-refractivity contribution is 6.31. The Morgan fingerprint density at radius 1 is 1.50 bits per heavy atom. The number of carbonyl (C=O) groups excluding carboxylic acids is 1. The molecule has 20 heavy (non-hydrogen) atoms. The van der Waals surface area contributed by atoms with Crippen LogP contribution in [0.25, 0.3) is 0 Å². The van der Waals surface area contributed by atoms with Crippen molar-refractivity contribution in [3.63, 3.8) is 0 Å². The van der Waals surface area contributed by atoms with E-state index >= 15 is 0 Å². The van der Waals surface area contributed by atoms with Gasteiger partial charge in [0.2, 0.25) is 5.91 Å². The van der Waals surface area contributed by atoms with E-state index in [1.807, 2.05) is 0 Å². The number of nitrogens with one attached hydrogen (secondary N) is 2. The number of hydrogen-bond donors (Lipinski definition) is 2. The zero-order chi connectivity index (χ0) is 13.7. The SMILES string of the molecule is Cl.O=C(Cc1c(F)cccc1Cl)NCC[C@H]1CCCN1. The molecule has 0 aliphatic carbocycles. The molecule has 1 aromatic rings. The van der Waals surface area contributed by atoms with Crippen LogP contribution in [0.15, 0.2) is 18.2 Å².